The van der Waals surface area contributed by atoms with Crippen molar-refractivity contribution in [3.8, 4) is 0 Å². The topological polar surface area (TPSA) is 70.7 Å². The Kier molecular flexibility index (Phi) is 5.33. The van der Waals surface area contributed by atoms with Gasteiger partial charge in [0.1, 0.15) is 5.82 Å². The average molecular weight is 307 g/mol. The molecule has 0 aliphatic rings. The van der Waals surface area contributed by atoms with Crippen molar-refractivity contribution < 1.29 is 4.79 Å². The largest absolute Gasteiger partial charge is 0.346 e. The van der Waals surface area contributed by atoms with Crippen molar-refractivity contribution in [2.45, 2.75) is 39.2 Å². The van der Waals surface area contributed by atoms with Gasteiger partial charge < -0.3 is 5.32 Å². The zero-order valence-electron chi connectivity index (χ0n) is 12.2. The summed E-state index contributed by atoms with van der Waals surface area (Å²) in [6.45, 7) is 3.99. The molecular weight excluding hydrogens is 288 g/mol. The highest BCUT2D eigenvalue weighted by Gasteiger charge is 2.15. The SMILES string of the molecule is CCCc1nc(C(=O)NC(C)Cc2cccc(Cl)c2)n[nH]1. The molecule has 1 aromatic carbocycles. The number of rotatable bonds is 6. The van der Waals surface area contributed by atoms with Gasteiger partial charge in [-0.05, 0) is 37.5 Å². The van der Waals surface area contributed by atoms with E-state index in [1.54, 1.807) is 0 Å². The maximum absolute atomic E-state index is 12.0. The summed E-state index contributed by atoms with van der Waals surface area (Å²) in [6.07, 6.45) is 2.46. The highest BCUT2D eigenvalue weighted by Crippen LogP contribution is 2.12. The number of H-pyrrole nitrogens is 1. The first kappa shape index (κ1) is 15.5. The third kappa shape index (κ3) is 4.56. The number of aryl methyl sites for hydroxylation is 1. The van der Waals surface area contributed by atoms with Crippen LogP contribution in [0.3, 0.4) is 0 Å². The maximum Gasteiger partial charge on any atom is 0.291 e. The van der Waals surface area contributed by atoms with Gasteiger partial charge in [-0.2, -0.15) is 0 Å². The van der Waals surface area contributed by atoms with Crippen molar-refractivity contribution in [1.29, 1.82) is 0 Å². The molecular formula is C15H19ClN4O. The summed E-state index contributed by atoms with van der Waals surface area (Å²) in [5.41, 5.74) is 1.08. The summed E-state index contributed by atoms with van der Waals surface area (Å²) in [7, 11) is 0. The number of hydrogen-bond acceptors (Lipinski definition) is 3. The fraction of sp³-hybridized carbons (Fsp3) is 0.400. The zero-order chi connectivity index (χ0) is 15.2. The van der Waals surface area contributed by atoms with E-state index in [1.807, 2.05) is 31.2 Å². The van der Waals surface area contributed by atoms with Crippen molar-refractivity contribution >= 4 is 17.5 Å². The fourth-order valence-electron chi connectivity index (χ4n) is 2.10. The van der Waals surface area contributed by atoms with Crippen LogP contribution in [0, 0.1) is 0 Å². The maximum atomic E-state index is 12.0. The molecule has 0 fully saturated rings. The number of nitrogens with one attached hydrogen (secondary N) is 2. The second-order valence-corrected chi connectivity index (χ2v) is 5.50. The van der Waals surface area contributed by atoms with Crippen LogP contribution in [0.15, 0.2) is 24.3 Å². The van der Waals surface area contributed by atoms with Crippen LogP contribution < -0.4 is 5.32 Å². The van der Waals surface area contributed by atoms with Gasteiger partial charge in [-0.3, -0.25) is 9.89 Å². The Morgan fingerprint density at radius 1 is 1.48 bits per heavy atom. The Hall–Kier alpha value is -1.88. The number of amides is 1. The summed E-state index contributed by atoms with van der Waals surface area (Å²) in [5.74, 6) is 0.671. The zero-order valence-corrected chi connectivity index (χ0v) is 12.9. The molecule has 2 rings (SSSR count). The molecule has 6 heteroatoms. The van der Waals surface area contributed by atoms with Gasteiger partial charge >= 0.3 is 0 Å². The van der Waals surface area contributed by atoms with E-state index >= 15 is 0 Å². The molecule has 0 radical (unpaired) electrons. The average Bonchev–Trinajstić information content (AvgIpc) is 2.87. The van der Waals surface area contributed by atoms with Gasteiger partial charge in [0.2, 0.25) is 5.82 Å². The predicted octanol–water partition coefficient (Wildman–Crippen LogP) is 2.77. The number of hydrogen-bond donors (Lipinski definition) is 2. The molecule has 0 saturated heterocycles. The third-order valence-electron chi connectivity index (χ3n) is 3.03. The van der Waals surface area contributed by atoms with Crippen molar-refractivity contribution in [2.24, 2.45) is 0 Å². The Labute approximate surface area is 129 Å². The van der Waals surface area contributed by atoms with Gasteiger partial charge in [0.25, 0.3) is 5.91 Å². The molecule has 1 aromatic heterocycles. The highest BCUT2D eigenvalue weighted by atomic mass is 35.5. The molecule has 0 aliphatic carbocycles. The number of carbonyl (C=O) groups excluding carboxylic acids is 1. The van der Waals surface area contributed by atoms with E-state index in [4.69, 9.17) is 11.6 Å². The first-order valence-corrected chi connectivity index (χ1v) is 7.43. The van der Waals surface area contributed by atoms with Crippen molar-refractivity contribution in [1.82, 2.24) is 20.5 Å². The molecule has 112 valence electrons. The molecule has 0 bridgehead atoms. The van der Waals surface area contributed by atoms with E-state index in [9.17, 15) is 4.79 Å². The van der Waals surface area contributed by atoms with Crippen LogP contribution in [0.5, 0.6) is 0 Å². The van der Waals surface area contributed by atoms with Gasteiger partial charge in [0, 0.05) is 17.5 Å². The fourth-order valence-corrected chi connectivity index (χ4v) is 2.32. The minimum Gasteiger partial charge on any atom is -0.346 e. The van der Waals surface area contributed by atoms with Crippen LogP contribution in [0.4, 0.5) is 0 Å². The van der Waals surface area contributed by atoms with E-state index in [2.05, 4.69) is 27.4 Å². The highest BCUT2D eigenvalue weighted by molar-refractivity contribution is 6.30. The summed E-state index contributed by atoms with van der Waals surface area (Å²) in [4.78, 5) is 16.2. The van der Waals surface area contributed by atoms with Crippen LogP contribution in [0.1, 0.15) is 42.3 Å². The molecule has 2 N–H and O–H groups in total. The van der Waals surface area contributed by atoms with Crippen molar-refractivity contribution in [2.75, 3.05) is 0 Å². The minimum absolute atomic E-state index is 0.0240. The number of halogens is 1. The van der Waals surface area contributed by atoms with Gasteiger partial charge in [-0.25, -0.2) is 4.98 Å². The predicted molar refractivity (Wildman–Crippen MR) is 82.5 cm³/mol. The lowest BCUT2D eigenvalue weighted by molar-refractivity contribution is 0.0930. The Morgan fingerprint density at radius 3 is 3.00 bits per heavy atom. The van der Waals surface area contributed by atoms with Crippen molar-refractivity contribution in [3.05, 3.63) is 46.5 Å². The standard InChI is InChI=1S/C15H19ClN4O/c1-3-5-13-18-14(20-19-13)15(21)17-10(2)8-11-6-4-7-12(16)9-11/h4,6-7,9-10H,3,5,8H2,1-2H3,(H,17,21)(H,18,19,20). The van der Waals surface area contributed by atoms with Crippen LogP contribution >= 0.6 is 11.6 Å². The lowest BCUT2D eigenvalue weighted by Crippen LogP contribution is -2.34. The smallest absolute Gasteiger partial charge is 0.291 e. The van der Waals surface area contributed by atoms with E-state index in [1.165, 1.54) is 0 Å². The molecule has 1 heterocycles. The van der Waals surface area contributed by atoms with Crippen LogP contribution in [-0.4, -0.2) is 27.1 Å². The number of carbonyl (C=O) groups is 1. The van der Waals surface area contributed by atoms with E-state index < -0.39 is 0 Å². The monoisotopic (exact) mass is 306 g/mol. The molecule has 2 aromatic rings. The first-order valence-electron chi connectivity index (χ1n) is 7.05. The van der Waals surface area contributed by atoms with E-state index in [0.29, 0.717) is 11.4 Å². The molecule has 1 unspecified atom stereocenters. The van der Waals surface area contributed by atoms with Gasteiger partial charge in [0.05, 0.1) is 0 Å². The summed E-state index contributed by atoms with van der Waals surface area (Å²) < 4.78 is 0. The van der Waals surface area contributed by atoms with Crippen LogP contribution in [0.25, 0.3) is 0 Å². The first-order chi connectivity index (χ1) is 10.1. The number of aromatic nitrogens is 3. The number of benzene rings is 1. The second kappa shape index (κ2) is 7.22. The van der Waals surface area contributed by atoms with Gasteiger partial charge in [0.15, 0.2) is 0 Å². The Bertz CT molecular complexity index is 611. The van der Waals surface area contributed by atoms with Crippen LogP contribution in [-0.2, 0) is 12.8 Å². The normalized spacial score (nSPS) is 12.1. The Morgan fingerprint density at radius 2 is 2.29 bits per heavy atom. The second-order valence-electron chi connectivity index (χ2n) is 5.06. The van der Waals surface area contributed by atoms with E-state index in [0.717, 1.165) is 24.2 Å². The summed E-state index contributed by atoms with van der Waals surface area (Å²) in [5, 5.41) is 10.3. The van der Waals surface area contributed by atoms with Crippen molar-refractivity contribution in [3.63, 3.8) is 0 Å². The molecule has 0 spiro atoms. The Balaban J connectivity index is 1.92. The van der Waals surface area contributed by atoms with E-state index in [-0.39, 0.29) is 17.8 Å². The van der Waals surface area contributed by atoms with Crippen LogP contribution in [0.2, 0.25) is 5.02 Å². The van der Waals surface area contributed by atoms with Gasteiger partial charge in [-0.1, -0.05) is 30.7 Å². The number of nitrogens with zero attached hydrogens (tertiary/aromatic N) is 2. The summed E-state index contributed by atoms with van der Waals surface area (Å²) >= 11 is 5.95. The molecule has 5 nitrogen and oxygen atoms in total. The molecule has 0 aliphatic heterocycles. The minimum atomic E-state index is -0.261. The summed E-state index contributed by atoms with van der Waals surface area (Å²) in [6, 6.07) is 7.59. The quantitative estimate of drug-likeness (QED) is 0.862. The third-order valence-corrected chi connectivity index (χ3v) is 3.27. The lowest BCUT2D eigenvalue weighted by atomic mass is 10.1. The molecule has 1 atom stereocenters. The van der Waals surface area contributed by atoms with Gasteiger partial charge in [-0.15, -0.1) is 5.10 Å². The molecule has 1 amide bonds. The number of aromatic amines is 1. The lowest BCUT2D eigenvalue weighted by Gasteiger charge is -2.12. The molecule has 0 saturated carbocycles. The molecule has 21 heavy (non-hydrogen) atoms.